The van der Waals surface area contributed by atoms with Crippen LogP contribution in [0.15, 0.2) is 24.3 Å². The molecule has 0 aromatic heterocycles. The molecule has 3 atom stereocenters. The molecule has 3 N–H and O–H groups in total. The Morgan fingerprint density at radius 1 is 1.23 bits per heavy atom. The molecule has 0 saturated heterocycles. The van der Waals surface area contributed by atoms with Gasteiger partial charge in [-0.25, -0.2) is 4.79 Å². The third-order valence-corrected chi connectivity index (χ3v) is 3.81. The first-order valence-corrected chi connectivity index (χ1v) is 7.93. The second-order valence-electron chi connectivity index (χ2n) is 5.50. The number of carbonyl (C=O) groups excluding carboxylic acids is 1. The van der Waals surface area contributed by atoms with Crippen molar-refractivity contribution in [2.75, 3.05) is 13.2 Å². The van der Waals surface area contributed by atoms with E-state index in [1.54, 1.807) is 0 Å². The second kappa shape index (κ2) is 9.30. The molecule has 0 aliphatic heterocycles. The van der Waals surface area contributed by atoms with Crippen molar-refractivity contribution in [2.24, 2.45) is 5.92 Å². The molecule has 1 rings (SSSR count). The first-order valence-electron chi connectivity index (χ1n) is 7.93. The van der Waals surface area contributed by atoms with Gasteiger partial charge in [0.25, 0.3) is 0 Å². The van der Waals surface area contributed by atoms with Crippen molar-refractivity contribution in [3.8, 4) is 5.75 Å². The summed E-state index contributed by atoms with van der Waals surface area (Å²) in [6.07, 6.45) is 0.765. The van der Waals surface area contributed by atoms with Crippen LogP contribution in [0.3, 0.4) is 0 Å². The Kier molecular flexibility index (Phi) is 7.74. The summed E-state index contributed by atoms with van der Waals surface area (Å²) in [5.74, 6) is 0.815. The average molecular weight is 308 g/mol. The molecule has 22 heavy (non-hydrogen) atoms. The Hall–Kier alpha value is -1.75. The largest absolute Gasteiger partial charge is 0.494 e. The van der Waals surface area contributed by atoms with Crippen LogP contribution in [0.1, 0.15) is 45.7 Å². The highest BCUT2D eigenvalue weighted by atomic mass is 16.5. The van der Waals surface area contributed by atoms with E-state index in [0.29, 0.717) is 6.61 Å². The Balaban J connectivity index is 2.74. The standard InChI is InChI=1S/C17H28N2O3/c1-5-15(14-9-7-8-10-16(14)22-6-2)19-17(21)18-13(4)12(3)11-20/h7-10,12-13,15,20H,5-6,11H2,1-4H3,(H2,18,19,21). The summed E-state index contributed by atoms with van der Waals surface area (Å²) in [6.45, 7) is 8.38. The third-order valence-electron chi connectivity index (χ3n) is 3.81. The molecule has 124 valence electrons. The Morgan fingerprint density at radius 3 is 2.50 bits per heavy atom. The number of urea groups is 1. The van der Waals surface area contributed by atoms with Crippen molar-refractivity contribution >= 4 is 6.03 Å². The smallest absolute Gasteiger partial charge is 0.315 e. The highest BCUT2D eigenvalue weighted by Gasteiger charge is 2.19. The number of hydrogen-bond acceptors (Lipinski definition) is 3. The number of nitrogens with one attached hydrogen (secondary N) is 2. The van der Waals surface area contributed by atoms with Gasteiger partial charge in [-0.05, 0) is 32.3 Å². The van der Waals surface area contributed by atoms with Crippen LogP contribution >= 0.6 is 0 Å². The van der Waals surface area contributed by atoms with E-state index in [1.165, 1.54) is 0 Å². The number of rotatable bonds is 8. The molecule has 0 aliphatic carbocycles. The number of hydrogen-bond donors (Lipinski definition) is 3. The van der Waals surface area contributed by atoms with Crippen molar-refractivity contribution in [1.82, 2.24) is 10.6 Å². The molecule has 0 heterocycles. The number of benzene rings is 1. The number of para-hydroxylation sites is 1. The maximum Gasteiger partial charge on any atom is 0.315 e. The quantitative estimate of drug-likeness (QED) is 0.691. The normalized spacial score (nSPS) is 14.8. The van der Waals surface area contributed by atoms with Gasteiger partial charge in [0.15, 0.2) is 0 Å². The van der Waals surface area contributed by atoms with E-state index in [0.717, 1.165) is 17.7 Å². The fraction of sp³-hybridized carbons (Fsp3) is 0.588. The summed E-state index contributed by atoms with van der Waals surface area (Å²) in [7, 11) is 0. The monoisotopic (exact) mass is 308 g/mol. The van der Waals surface area contributed by atoms with Crippen molar-refractivity contribution in [2.45, 2.75) is 46.2 Å². The first-order chi connectivity index (χ1) is 10.5. The van der Waals surface area contributed by atoms with Gasteiger partial charge in [-0.3, -0.25) is 0 Å². The second-order valence-corrected chi connectivity index (χ2v) is 5.50. The van der Waals surface area contributed by atoms with E-state index in [1.807, 2.05) is 52.0 Å². The van der Waals surface area contributed by atoms with Gasteiger partial charge in [-0.15, -0.1) is 0 Å². The van der Waals surface area contributed by atoms with Crippen LogP contribution < -0.4 is 15.4 Å². The minimum atomic E-state index is -0.231. The van der Waals surface area contributed by atoms with Crippen LogP contribution in [0.5, 0.6) is 5.75 Å². The molecule has 0 radical (unpaired) electrons. The average Bonchev–Trinajstić information content (AvgIpc) is 2.52. The molecule has 0 saturated carbocycles. The minimum absolute atomic E-state index is 0.0153. The molecule has 5 heteroatoms. The van der Waals surface area contributed by atoms with E-state index in [-0.39, 0.29) is 30.6 Å². The highest BCUT2D eigenvalue weighted by Crippen LogP contribution is 2.27. The Labute approximate surface area is 133 Å². The first kappa shape index (κ1) is 18.3. The third kappa shape index (κ3) is 5.22. The van der Waals surface area contributed by atoms with E-state index in [9.17, 15) is 4.79 Å². The molecule has 2 amide bonds. The summed E-state index contributed by atoms with van der Waals surface area (Å²) in [5.41, 5.74) is 0.977. The van der Waals surface area contributed by atoms with E-state index < -0.39 is 0 Å². The van der Waals surface area contributed by atoms with Crippen LogP contribution in [-0.2, 0) is 0 Å². The summed E-state index contributed by atoms with van der Waals surface area (Å²) in [5, 5.41) is 15.0. The minimum Gasteiger partial charge on any atom is -0.494 e. The van der Waals surface area contributed by atoms with Crippen LogP contribution in [-0.4, -0.2) is 30.4 Å². The molecule has 3 unspecified atom stereocenters. The molecular formula is C17H28N2O3. The van der Waals surface area contributed by atoms with Crippen LogP contribution in [0, 0.1) is 5.92 Å². The van der Waals surface area contributed by atoms with Crippen molar-refractivity contribution < 1.29 is 14.6 Å². The fourth-order valence-electron chi connectivity index (χ4n) is 2.16. The molecule has 0 fully saturated rings. The lowest BCUT2D eigenvalue weighted by atomic mass is 10.0. The number of carbonyl (C=O) groups is 1. The Morgan fingerprint density at radius 2 is 1.91 bits per heavy atom. The maximum absolute atomic E-state index is 12.1. The zero-order chi connectivity index (χ0) is 16.5. The lowest BCUT2D eigenvalue weighted by Crippen LogP contribution is -2.45. The topological polar surface area (TPSA) is 70.6 Å². The molecular weight excluding hydrogens is 280 g/mol. The lowest BCUT2D eigenvalue weighted by molar-refractivity contribution is 0.198. The summed E-state index contributed by atoms with van der Waals surface area (Å²) in [4.78, 5) is 12.1. The maximum atomic E-state index is 12.1. The predicted molar refractivity (Wildman–Crippen MR) is 88.0 cm³/mol. The van der Waals surface area contributed by atoms with Gasteiger partial charge in [0.1, 0.15) is 5.75 Å². The molecule has 1 aromatic carbocycles. The van der Waals surface area contributed by atoms with Crippen molar-refractivity contribution in [1.29, 1.82) is 0 Å². The number of aliphatic hydroxyl groups is 1. The van der Waals surface area contributed by atoms with Gasteiger partial charge < -0.3 is 20.5 Å². The van der Waals surface area contributed by atoms with E-state index in [4.69, 9.17) is 9.84 Å². The molecule has 5 nitrogen and oxygen atoms in total. The summed E-state index contributed by atoms with van der Waals surface area (Å²) in [6, 6.07) is 7.31. The van der Waals surface area contributed by atoms with E-state index >= 15 is 0 Å². The molecule has 0 bridgehead atoms. The van der Waals surface area contributed by atoms with Crippen LogP contribution in [0.4, 0.5) is 4.79 Å². The van der Waals surface area contributed by atoms with Crippen LogP contribution in [0.2, 0.25) is 0 Å². The fourth-order valence-corrected chi connectivity index (χ4v) is 2.16. The summed E-state index contributed by atoms with van der Waals surface area (Å²) >= 11 is 0. The van der Waals surface area contributed by atoms with Crippen LogP contribution in [0.25, 0.3) is 0 Å². The van der Waals surface area contributed by atoms with Crippen molar-refractivity contribution in [3.05, 3.63) is 29.8 Å². The molecule has 0 aliphatic rings. The zero-order valence-corrected chi connectivity index (χ0v) is 13.9. The van der Waals surface area contributed by atoms with Gasteiger partial charge in [0.05, 0.1) is 12.6 Å². The number of aliphatic hydroxyl groups excluding tert-OH is 1. The molecule has 0 spiro atoms. The number of amides is 2. The van der Waals surface area contributed by atoms with Gasteiger partial charge >= 0.3 is 6.03 Å². The van der Waals surface area contributed by atoms with Crippen molar-refractivity contribution in [3.63, 3.8) is 0 Å². The SMILES string of the molecule is CCOc1ccccc1C(CC)NC(=O)NC(C)C(C)CO. The van der Waals surface area contributed by atoms with Gasteiger partial charge in [0.2, 0.25) is 0 Å². The highest BCUT2D eigenvalue weighted by molar-refractivity contribution is 5.75. The predicted octanol–water partition coefficient (Wildman–Crippen LogP) is 2.85. The summed E-state index contributed by atoms with van der Waals surface area (Å²) < 4.78 is 5.63. The number of ether oxygens (including phenoxy) is 1. The zero-order valence-electron chi connectivity index (χ0n) is 13.9. The Bertz CT molecular complexity index is 465. The van der Waals surface area contributed by atoms with Gasteiger partial charge in [-0.1, -0.05) is 32.0 Å². The molecule has 1 aromatic rings. The van der Waals surface area contributed by atoms with E-state index in [2.05, 4.69) is 10.6 Å². The van der Waals surface area contributed by atoms with Gasteiger partial charge in [-0.2, -0.15) is 0 Å². The van der Waals surface area contributed by atoms with Gasteiger partial charge in [0, 0.05) is 18.2 Å². The lowest BCUT2D eigenvalue weighted by Gasteiger charge is -2.24.